The fourth-order valence-electron chi connectivity index (χ4n) is 1.76. The molecule has 1 aromatic heterocycles. The normalized spacial score (nSPS) is 12.4. The van der Waals surface area contributed by atoms with Gasteiger partial charge in [-0.15, -0.1) is 5.10 Å². The molecule has 0 radical (unpaired) electrons. The number of benzene rings is 1. The van der Waals surface area contributed by atoms with Gasteiger partial charge in [-0.3, -0.25) is 0 Å². The molecule has 6 heteroatoms. The molecule has 0 aliphatic carbocycles. The average molecular weight is 282 g/mol. The molecule has 0 amide bonds. The van der Waals surface area contributed by atoms with Crippen molar-refractivity contribution in [1.82, 2.24) is 15.0 Å². The Bertz CT molecular complexity index is 557. The van der Waals surface area contributed by atoms with Crippen LogP contribution in [0.4, 0.5) is 0 Å². The molecule has 1 heterocycles. The Hall–Kier alpha value is -1.59. The molecule has 1 atom stereocenters. The van der Waals surface area contributed by atoms with Crippen LogP contribution in [0.5, 0.6) is 5.75 Å². The highest BCUT2D eigenvalue weighted by Crippen LogP contribution is 2.29. The molecule has 0 saturated carbocycles. The van der Waals surface area contributed by atoms with E-state index in [1.807, 2.05) is 25.3 Å². The second-order valence-corrected chi connectivity index (χ2v) is 4.64. The van der Waals surface area contributed by atoms with Crippen LogP contribution in [-0.4, -0.2) is 35.8 Å². The summed E-state index contributed by atoms with van der Waals surface area (Å²) in [5, 5.41) is 8.83. The van der Waals surface area contributed by atoms with Crippen LogP contribution in [-0.2, 0) is 4.74 Å². The largest absolute Gasteiger partial charge is 0.495 e. The van der Waals surface area contributed by atoms with Gasteiger partial charge in [-0.25, -0.2) is 4.68 Å². The smallest absolute Gasteiger partial charge is 0.138 e. The van der Waals surface area contributed by atoms with Crippen molar-refractivity contribution in [2.24, 2.45) is 0 Å². The maximum atomic E-state index is 6.00. The molecule has 102 valence electrons. The van der Waals surface area contributed by atoms with Gasteiger partial charge in [0.1, 0.15) is 11.4 Å². The molecule has 0 saturated heterocycles. The van der Waals surface area contributed by atoms with E-state index in [1.165, 1.54) is 0 Å². The molecule has 2 rings (SSSR count). The summed E-state index contributed by atoms with van der Waals surface area (Å²) >= 11 is 6.00. The third-order valence-electron chi connectivity index (χ3n) is 2.82. The van der Waals surface area contributed by atoms with Crippen LogP contribution < -0.4 is 4.74 Å². The maximum Gasteiger partial charge on any atom is 0.138 e. The molecule has 0 fully saturated rings. The standard InChI is InChI=1S/C13H16ClN3O2/c1-9(8-18-2)17-7-12(15-16-17)10-4-5-11(14)13(6-10)19-3/h4-7,9H,8H2,1-3H3. The quantitative estimate of drug-likeness (QED) is 0.845. The van der Waals surface area contributed by atoms with E-state index >= 15 is 0 Å². The van der Waals surface area contributed by atoms with E-state index in [2.05, 4.69) is 10.3 Å². The van der Waals surface area contributed by atoms with Crippen LogP contribution in [0.2, 0.25) is 5.02 Å². The predicted octanol–water partition coefficient (Wildman–Crippen LogP) is 2.81. The molecule has 19 heavy (non-hydrogen) atoms. The molecule has 1 aromatic carbocycles. The molecule has 5 nitrogen and oxygen atoms in total. The van der Waals surface area contributed by atoms with Gasteiger partial charge in [0.25, 0.3) is 0 Å². The van der Waals surface area contributed by atoms with Crippen molar-refractivity contribution in [3.8, 4) is 17.0 Å². The summed E-state index contributed by atoms with van der Waals surface area (Å²) in [6, 6.07) is 5.66. The maximum absolute atomic E-state index is 6.00. The van der Waals surface area contributed by atoms with E-state index in [9.17, 15) is 0 Å². The number of rotatable bonds is 5. The lowest BCUT2D eigenvalue weighted by Gasteiger charge is -2.08. The number of nitrogens with zero attached hydrogens (tertiary/aromatic N) is 3. The highest BCUT2D eigenvalue weighted by atomic mass is 35.5. The van der Waals surface area contributed by atoms with Gasteiger partial charge in [0, 0.05) is 12.7 Å². The number of hydrogen-bond donors (Lipinski definition) is 0. The second-order valence-electron chi connectivity index (χ2n) is 4.24. The van der Waals surface area contributed by atoms with Crippen LogP contribution in [0, 0.1) is 0 Å². The number of aromatic nitrogens is 3. The van der Waals surface area contributed by atoms with E-state index in [-0.39, 0.29) is 6.04 Å². The molecular formula is C13H16ClN3O2. The fourth-order valence-corrected chi connectivity index (χ4v) is 1.96. The Kier molecular flexibility index (Phi) is 4.39. The van der Waals surface area contributed by atoms with E-state index in [0.717, 1.165) is 11.3 Å². The molecular weight excluding hydrogens is 266 g/mol. The number of halogens is 1. The molecule has 0 aliphatic heterocycles. The molecule has 0 aliphatic rings. The van der Waals surface area contributed by atoms with Crippen molar-refractivity contribution >= 4 is 11.6 Å². The van der Waals surface area contributed by atoms with Crippen LogP contribution in [0.3, 0.4) is 0 Å². The lowest BCUT2D eigenvalue weighted by Crippen LogP contribution is -2.11. The SMILES string of the molecule is COCC(C)n1cc(-c2ccc(Cl)c(OC)c2)nn1. The molecule has 0 N–H and O–H groups in total. The highest BCUT2D eigenvalue weighted by Gasteiger charge is 2.10. The van der Waals surface area contributed by atoms with Gasteiger partial charge in [-0.05, 0) is 19.1 Å². The summed E-state index contributed by atoms with van der Waals surface area (Å²) in [4.78, 5) is 0. The highest BCUT2D eigenvalue weighted by molar-refractivity contribution is 6.32. The van der Waals surface area contributed by atoms with Crippen LogP contribution in [0.25, 0.3) is 11.3 Å². The van der Waals surface area contributed by atoms with Gasteiger partial charge in [0.2, 0.25) is 0 Å². The first-order valence-corrected chi connectivity index (χ1v) is 6.28. The predicted molar refractivity (Wildman–Crippen MR) is 73.6 cm³/mol. The summed E-state index contributed by atoms with van der Waals surface area (Å²) in [5.74, 6) is 0.624. The summed E-state index contributed by atoms with van der Waals surface area (Å²) in [7, 11) is 3.25. The van der Waals surface area contributed by atoms with Crippen LogP contribution >= 0.6 is 11.6 Å². The minimum absolute atomic E-state index is 0.139. The van der Waals surface area contributed by atoms with Gasteiger partial charge in [-0.1, -0.05) is 22.9 Å². The zero-order valence-corrected chi connectivity index (χ0v) is 11.9. The zero-order valence-electron chi connectivity index (χ0n) is 11.1. The average Bonchev–Trinajstić information content (AvgIpc) is 2.89. The third-order valence-corrected chi connectivity index (χ3v) is 3.13. The first kappa shape index (κ1) is 13.8. The molecule has 0 bridgehead atoms. The molecule has 2 aromatic rings. The first-order valence-electron chi connectivity index (χ1n) is 5.90. The Morgan fingerprint density at radius 2 is 2.16 bits per heavy atom. The number of hydrogen-bond acceptors (Lipinski definition) is 4. The number of methoxy groups -OCH3 is 2. The Balaban J connectivity index is 2.27. The molecule has 0 spiro atoms. The monoisotopic (exact) mass is 281 g/mol. The summed E-state index contributed by atoms with van der Waals surface area (Å²) in [6.45, 7) is 2.61. The summed E-state index contributed by atoms with van der Waals surface area (Å²) < 4.78 is 12.1. The van der Waals surface area contributed by atoms with E-state index < -0.39 is 0 Å². The van der Waals surface area contributed by atoms with Gasteiger partial charge >= 0.3 is 0 Å². The Morgan fingerprint density at radius 1 is 1.37 bits per heavy atom. The lowest BCUT2D eigenvalue weighted by molar-refractivity contribution is 0.156. The fraction of sp³-hybridized carbons (Fsp3) is 0.385. The Labute approximate surface area is 117 Å². The number of ether oxygens (including phenoxy) is 2. The third kappa shape index (κ3) is 3.05. The van der Waals surface area contributed by atoms with Gasteiger partial charge in [-0.2, -0.15) is 0 Å². The van der Waals surface area contributed by atoms with Gasteiger partial charge in [0.05, 0.1) is 31.0 Å². The molecule has 1 unspecified atom stereocenters. The van der Waals surface area contributed by atoms with Crippen molar-refractivity contribution in [3.63, 3.8) is 0 Å². The van der Waals surface area contributed by atoms with Crippen molar-refractivity contribution in [2.45, 2.75) is 13.0 Å². The first-order chi connectivity index (χ1) is 9.15. The van der Waals surface area contributed by atoms with Crippen LogP contribution in [0.1, 0.15) is 13.0 Å². The van der Waals surface area contributed by atoms with E-state index in [4.69, 9.17) is 21.1 Å². The Morgan fingerprint density at radius 3 is 2.84 bits per heavy atom. The minimum atomic E-state index is 0.139. The topological polar surface area (TPSA) is 49.2 Å². The summed E-state index contributed by atoms with van der Waals surface area (Å²) in [6.07, 6.45) is 1.88. The van der Waals surface area contributed by atoms with E-state index in [1.54, 1.807) is 25.0 Å². The van der Waals surface area contributed by atoms with E-state index in [0.29, 0.717) is 17.4 Å². The van der Waals surface area contributed by atoms with Crippen molar-refractivity contribution < 1.29 is 9.47 Å². The lowest BCUT2D eigenvalue weighted by atomic mass is 10.1. The van der Waals surface area contributed by atoms with Crippen molar-refractivity contribution in [2.75, 3.05) is 20.8 Å². The van der Waals surface area contributed by atoms with Gasteiger partial charge in [0.15, 0.2) is 0 Å². The van der Waals surface area contributed by atoms with Gasteiger partial charge < -0.3 is 9.47 Å². The van der Waals surface area contributed by atoms with Crippen LogP contribution in [0.15, 0.2) is 24.4 Å². The van der Waals surface area contributed by atoms with Crippen molar-refractivity contribution in [3.05, 3.63) is 29.4 Å². The van der Waals surface area contributed by atoms with Crippen molar-refractivity contribution in [1.29, 1.82) is 0 Å². The zero-order chi connectivity index (χ0) is 13.8. The second kappa shape index (κ2) is 6.04. The minimum Gasteiger partial charge on any atom is -0.495 e. The summed E-state index contributed by atoms with van der Waals surface area (Å²) in [5.41, 5.74) is 1.69.